The van der Waals surface area contributed by atoms with E-state index < -0.39 is 0 Å². The molecule has 4 heteroatoms. The second kappa shape index (κ2) is 6.95. The molecular weight excluding hydrogens is 284 g/mol. The molecule has 3 nitrogen and oxygen atoms in total. The molecule has 2 N–H and O–H groups in total. The van der Waals surface area contributed by atoms with Crippen LogP contribution in [0.2, 0.25) is 5.02 Å². The predicted octanol–water partition coefficient (Wildman–Crippen LogP) is 3.99. The van der Waals surface area contributed by atoms with Gasteiger partial charge in [0.15, 0.2) is 0 Å². The molecule has 0 aliphatic heterocycles. The lowest BCUT2D eigenvalue weighted by atomic mass is 10.2. The van der Waals surface area contributed by atoms with Gasteiger partial charge in [-0.15, -0.1) is 0 Å². The lowest BCUT2D eigenvalue weighted by Gasteiger charge is -2.19. The van der Waals surface area contributed by atoms with Gasteiger partial charge in [0.05, 0.1) is 10.7 Å². The van der Waals surface area contributed by atoms with Gasteiger partial charge in [-0.1, -0.05) is 35.9 Å². The monoisotopic (exact) mass is 300 g/mol. The zero-order chi connectivity index (χ0) is 15.2. The fourth-order valence-corrected chi connectivity index (χ4v) is 2.11. The second-order valence-electron chi connectivity index (χ2n) is 4.53. The lowest BCUT2D eigenvalue weighted by Crippen LogP contribution is -2.28. The van der Waals surface area contributed by atoms with Crippen LogP contribution in [0.4, 0.5) is 11.4 Å². The lowest BCUT2D eigenvalue weighted by molar-refractivity contribution is -0.114. The summed E-state index contributed by atoms with van der Waals surface area (Å²) in [6.45, 7) is 2.55. The Morgan fingerprint density at radius 3 is 2.57 bits per heavy atom. The van der Waals surface area contributed by atoms with Crippen LogP contribution in [0.1, 0.15) is 12.5 Å². The number of benzene rings is 2. The Hall–Kier alpha value is -2.26. The molecule has 2 rings (SSSR count). The number of likely N-dealkylation sites (N-methyl/N-ethyl adjacent to an activating group) is 1. The zero-order valence-corrected chi connectivity index (χ0v) is 12.5. The molecule has 0 radical (unpaired) electrons. The minimum absolute atomic E-state index is 0.0720. The number of rotatable bonds is 4. The smallest absolute Gasteiger partial charge is 0.250 e. The van der Waals surface area contributed by atoms with Crippen molar-refractivity contribution in [1.82, 2.24) is 0 Å². The van der Waals surface area contributed by atoms with Crippen molar-refractivity contribution >= 4 is 35.0 Å². The van der Waals surface area contributed by atoms with Crippen molar-refractivity contribution in [3.05, 3.63) is 65.2 Å². The first kappa shape index (κ1) is 15.1. The molecule has 0 aliphatic rings. The van der Waals surface area contributed by atoms with E-state index in [4.69, 9.17) is 17.3 Å². The van der Waals surface area contributed by atoms with E-state index in [1.165, 1.54) is 0 Å². The number of hydrogen-bond donors (Lipinski definition) is 1. The minimum atomic E-state index is -0.0720. The van der Waals surface area contributed by atoms with Crippen LogP contribution in [-0.2, 0) is 4.79 Å². The first-order valence-electron chi connectivity index (χ1n) is 6.71. The molecule has 0 atom stereocenters. The van der Waals surface area contributed by atoms with Crippen molar-refractivity contribution in [1.29, 1.82) is 0 Å². The van der Waals surface area contributed by atoms with Gasteiger partial charge in [-0.25, -0.2) is 0 Å². The number of carbonyl (C=O) groups excluding carboxylic acids is 1. The van der Waals surface area contributed by atoms with Crippen molar-refractivity contribution in [2.45, 2.75) is 6.92 Å². The topological polar surface area (TPSA) is 46.3 Å². The van der Waals surface area contributed by atoms with Crippen molar-refractivity contribution < 1.29 is 4.79 Å². The molecule has 0 bridgehead atoms. The summed E-state index contributed by atoms with van der Waals surface area (Å²) in [5, 5.41) is 0.512. The number of halogens is 1. The molecule has 0 saturated carbocycles. The normalized spacial score (nSPS) is 10.8. The summed E-state index contributed by atoms with van der Waals surface area (Å²) in [6.07, 6.45) is 3.28. The maximum absolute atomic E-state index is 12.3. The van der Waals surface area contributed by atoms with Gasteiger partial charge in [0, 0.05) is 18.3 Å². The fraction of sp³-hybridized carbons (Fsp3) is 0.118. The van der Waals surface area contributed by atoms with Gasteiger partial charge in [-0.05, 0) is 42.8 Å². The number of hydrogen-bond acceptors (Lipinski definition) is 2. The third-order valence-corrected chi connectivity index (χ3v) is 3.43. The highest BCUT2D eigenvalue weighted by Gasteiger charge is 2.10. The summed E-state index contributed by atoms with van der Waals surface area (Å²) in [5.74, 6) is -0.0720. The fourth-order valence-electron chi connectivity index (χ4n) is 2.00. The van der Waals surface area contributed by atoms with E-state index >= 15 is 0 Å². The minimum Gasteiger partial charge on any atom is -0.398 e. The van der Waals surface area contributed by atoms with Crippen LogP contribution in [0.3, 0.4) is 0 Å². The Kier molecular flexibility index (Phi) is 5.01. The highest BCUT2D eigenvalue weighted by molar-refractivity contribution is 6.33. The zero-order valence-electron chi connectivity index (χ0n) is 11.8. The van der Waals surface area contributed by atoms with E-state index in [0.717, 1.165) is 11.3 Å². The Morgan fingerprint density at radius 2 is 1.95 bits per heavy atom. The quantitative estimate of drug-likeness (QED) is 0.685. The second-order valence-corrected chi connectivity index (χ2v) is 4.94. The molecule has 0 saturated heterocycles. The number of amides is 1. The number of carbonyl (C=O) groups is 1. The van der Waals surface area contributed by atoms with Gasteiger partial charge in [0.25, 0.3) is 5.91 Å². The van der Waals surface area contributed by atoms with Crippen molar-refractivity contribution in [2.24, 2.45) is 0 Å². The summed E-state index contributed by atoms with van der Waals surface area (Å²) in [6, 6.07) is 14.9. The van der Waals surface area contributed by atoms with Crippen LogP contribution < -0.4 is 10.6 Å². The first-order chi connectivity index (χ1) is 10.1. The molecule has 108 valence electrons. The van der Waals surface area contributed by atoms with E-state index in [1.54, 1.807) is 29.2 Å². The Morgan fingerprint density at radius 1 is 1.24 bits per heavy atom. The van der Waals surface area contributed by atoms with E-state index in [0.29, 0.717) is 17.3 Å². The van der Waals surface area contributed by atoms with Gasteiger partial charge >= 0.3 is 0 Å². The molecule has 0 unspecified atom stereocenters. The van der Waals surface area contributed by atoms with Crippen LogP contribution in [0, 0.1) is 0 Å². The summed E-state index contributed by atoms with van der Waals surface area (Å²) < 4.78 is 0. The molecule has 0 heterocycles. The number of nitrogen functional groups attached to an aromatic ring is 1. The third kappa shape index (κ3) is 3.86. The van der Waals surface area contributed by atoms with Crippen molar-refractivity contribution in [3.8, 4) is 0 Å². The molecule has 1 amide bonds. The standard InChI is InChI=1S/C17H17ClN2O/c1-2-20(14-6-4-3-5-7-14)17(21)11-9-13-8-10-15(18)16(19)12-13/h3-12H,2,19H2,1H3/b11-9+. The van der Waals surface area contributed by atoms with Gasteiger partial charge < -0.3 is 10.6 Å². The average Bonchev–Trinajstić information content (AvgIpc) is 2.50. The molecule has 0 aromatic heterocycles. The highest BCUT2D eigenvalue weighted by atomic mass is 35.5. The van der Waals surface area contributed by atoms with E-state index in [9.17, 15) is 4.79 Å². The van der Waals surface area contributed by atoms with Gasteiger partial charge in [0.2, 0.25) is 0 Å². The average molecular weight is 301 g/mol. The third-order valence-electron chi connectivity index (χ3n) is 3.09. The number of para-hydroxylation sites is 1. The molecular formula is C17H17ClN2O. The molecule has 2 aromatic rings. The number of nitrogens with two attached hydrogens (primary N) is 1. The van der Waals surface area contributed by atoms with Crippen LogP contribution in [0.25, 0.3) is 6.08 Å². The van der Waals surface area contributed by atoms with Gasteiger partial charge in [0.1, 0.15) is 0 Å². The molecule has 0 aliphatic carbocycles. The Balaban J connectivity index is 2.15. The maximum Gasteiger partial charge on any atom is 0.250 e. The SMILES string of the molecule is CCN(C(=O)/C=C/c1ccc(Cl)c(N)c1)c1ccccc1. The summed E-state index contributed by atoms with van der Waals surface area (Å²) in [7, 11) is 0. The number of anilines is 2. The van der Waals surface area contributed by atoms with Crippen LogP contribution in [-0.4, -0.2) is 12.5 Å². The van der Waals surface area contributed by atoms with Crippen LogP contribution >= 0.6 is 11.6 Å². The van der Waals surface area contributed by atoms with Crippen molar-refractivity contribution in [3.63, 3.8) is 0 Å². The van der Waals surface area contributed by atoms with Crippen LogP contribution in [0.15, 0.2) is 54.6 Å². The van der Waals surface area contributed by atoms with E-state index in [2.05, 4.69) is 0 Å². The van der Waals surface area contributed by atoms with Gasteiger partial charge in [-0.2, -0.15) is 0 Å². The first-order valence-corrected chi connectivity index (χ1v) is 7.09. The maximum atomic E-state index is 12.3. The molecule has 21 heavy (non-hydrogen) atoms. The van der Waals surface area contributed by atoms with Crippen LogP contribution in [0.5, 0.6) is 0 Å². The molecule has 2 aromatic carbocycles. The predicted molar refractivity (Wildman–Crippen MR) is 89.4 cm³/mol. The van der Waals surface area contributed by atoms with Gasteiger partial charge in [-0.3, -0.25) is 4.79 Å². The Labute approximate surface area is 129 Å². The molecule has 0 spiro atoms. The van der Waals surface area contributed by atoms with E-state index in [-0.39, 0.29) is 5.91 Å². The highest BCUT2D eigenvalue weighted by Crippen LogP contribution is 2.20. The summed E-state index contributed by atoms with van der Waals surface area (Å²) in [5.41, 5.74) is 7.97. The Bertz CT molecular complexity index is 653. The largest absolute Gasteiger partial charge is 0.398 e. The molecule has 0 fully saturated rings. The van der Waals surface area contributed by atoms with Crippen molar-refractivity contribution in [2.75, 3.05) is 17.2 Å². The summed E-state index contributed by atoms with van der Waals surface area (Å²) >= 11 is 5.87. The van der Waals surface area contributed by atoms with E-state index in [1.807, 2.05) is 43.3 Å². The number of nitrogens with zero attached hydrogens (tertiary/aromatic N) is 1. The summed E-state index contributed by atoms with van der Waals surface area (Å²) in [4.78, 5) is 14.0.